The predicted octanol–water partition coefficient (Wildman–Crippen LogP) is 1.11. The summed E-state index contributed by atoms with van der Waals surface area (Å²) in [6.07, 6.45) is 2.30. The van der Waals surface area contributed by atoms with Crippen LogP contribution in [0.25, 0.3) is 5.69 Å². The molecule has 2 aromatic rings. The first-order chi connectivity index (χ1) is 8.61. The lowest BCUT2D eigenvalue weighted by Gasteiger charge is -2.07. The van der Waals surface area contributed by atoms with Crippen molar-refractivity contribution in [2.45, 2.75) is 11.5 Å². The zero-order valence-corrected chi connectivity index (χ0v) is 10.2. The molecule has 2 heterocycles. The number of sulfone groups is 1. The van der Waals surface area contributed by atoms with Crippen LogP contribution in [0.4, 0.5) is 0 Å². The molecule has 1 aliphatic heterocycles. The van der Waals surface area contributed by atoms with Gasteiger partial charge in [-0.3, -0.25) is 4.79 Å². The Morgan fingerprint density at radius 1 is 1.22 bits per heavy atom. The van der Waals surface area contributed by atoms with Crippen molar-refractivity contribution in [1.82, 2.24) is 9.78 Å². The Bertz CT molecular complexity index is 732. The predicted molar refractivity (Wildman–Crippen MR) is 65.3 cm³/mol. The number of hydrogen-bond donors (Lipinski definition) is 0. The Hall–Kier alpha value is -1.95. The molecule has 0 amide bonds. The highest BCUT2D eigenvalue weighted by Crippen LogP contribution is 2.27. The van der Waals surface area contributed by atoms with Gasteiger partial charge in [0.25, 0.3) is 0 Å². The number of carbonyl (C=O) groups is 1. The molecule has 1 aromatic carbocycles. The van der Waals surface area contributed by atoms with E-state index in [2.05, 4.69) is 5.10 Å². The summed E-state index contributed by atoms with van der Waals surface area (Å²) in [7, 11) is -3.06. The maximum Gasteiger partial charge on any atom is 0.160 e. The Morgan fingerprint density at radius 2 is 2.00 bits per heavy atom. The Balaban J connectivity index is 2.19. The van der Waals surface area contributed by atoms with E-state index in [1.165, 1.54) is 0 Å². The summed E-state index contributed by atoms with van der Waals surface area (Å²) in [6, 6.07) is 6.98. The van der Waals surface area contributed by atoms with Gasteiger partial charge in [0, 0.05) is 11.1 Å². The van der Waals surface area contributed by atoms with Crippen molar-refractivity contribution in [1.29, 1.82) is 0 Å². The summed E-state index contributed by atoms with van der Waals surface area (Å²) < 4.78 is 24.7. The average molecular weight is 262 g/mol. The van der Waals surface area contributed by atoms with Crippen molar-refractivity contribution in [2.24, 2.45) is 0 Å². The summed E-state index contributed by atoms with van der Waals surface area (Å²) in [4.78, 5) is 11.0. The van der Waals surface area contributed by atoms with Crippen LogP contribution in [0.2, 0.25) is 0 Å². The molecule has 0 unspecified atom stereocenters. The first kappa shape index (κ1) is 11.2. The van der Waals surface area contributed by atoms with Gasteiger partial charge in [-0.1, -0.05) is 12.1 Å². The van der Waals surface area contributed by atoms with Crippen LogP contribution in [-0.4, -0.2) is 24.5 Å². The highest BCUT2D eigenvalue weighted by Gasteiger charge is 2.29. The highest BCUT2D eigenvalue weighted by molar-refractivity contribution is 7.90. The van der Waals surface area contributed by atoms with Gasteiger partial charge in [-0.05, 0) is 12.1 Å². The maximum absolute atomic E-state index is 11.6. The van der Waals surface area contributed by atoms with E-state index < -0.39 is 9.84 Å². The molecular weight excluding hydrogens is 252 g/mol. The Kier molecular flexibility index (Phi) is 2.34. The van der Waals surface area contributed by atoms with E-state index in [1.807, 2.05) is 0 Å². The average Bonchev–Trinajstić information content (AvgIpc) is 2.84. The summed E-state index contributed by atoms with van der Waals surface area (Å²) in [5.74, 6) is 0.0150. The normalized spacial score (nSPS) is 16.4. The van der Waals surface area contributed by atoms with Crippen LogP contribution >= 0.6 is 0 Å². The molecule has 0 radical (unpaired) electrons. The van der Waals surface area contributed by atoms with Gasteiger partial charge < -0.3 is 0 Å². The topological polar surface area (TPSA) is 69.0 Å². The fraction of sp³-hybridized carbons (Fsp3) is 0.167. The third kappa shape index (κ3) is 1.65. The number of aromatic nitrogens is 2. The van der Waals surface area contributed by atoms with Crippen molar-refractivity contribution in [3.63, 3.8) is 0 Å². The van der Waals surface area contributed by atoms with Crippen LogP contribution in [0, 0.1) is 0 Å². The molecule has 0 spiro atoms. The number of nitrogens with zero attached hydrogens (tertiary/aromatic N) is 2. The van der Waals surface area contributed by atoms with Crippen molar-refractivity contribution < 1.29 is 13.2 Å². The summed E-state index contributed by atoms with van der Waals surface area (Å²) in [6.45, 7) is 0. The first-order valence-corrected chi connectivity index (χ1v) is 7.23. The third-order valence-electron chi connectivity index (χ3n) is 2.98. The van der Waals surface area contributed by atoms with Crippen LogP contribution in [-0.2, 0) is 21.3 Å². The molecule has 92 valence electrons. The number of fused-ring (bicyclic) bond motifs is 1. The van der Waals surface area contributed by atoms with Crippen molar-refractivity contribution in [3.05, 3.63) is 47.3 Å². The molecule has 0 atom stereocenters. The van der Waals surface area contributed by atoms with E-state index in [4.69, 9.17) is 0 Å². The van der Waals surface area contributed by atoms with Gasteiger partial charge in [-0.2, -0.15) is 5.10 Å². The molecule has 18 heavy (non-hydrogen) atoms. The van der Waals surface area contributed by atoms with Gasteiger partial charge in [-0.15, -0.1) is 0 Å². The summed E-state index contributed by atoms with van der Waals surface area (Å²) in [5.41, 5.74) is 2.48. The minimum atomic E-state index is -3.06. The van der Waals surface area contributed by atoms with E-state index >= 15 is 0 Å². The first-order valence-electron chi connectivity index (χ1n) is 5.41. The smallest absolute Gasteiger partial charge is 0.160 e. The molecule has 6 heteroatoms. The van der Waals surface area contributed by atoms with Gasteiger partial charge in [0.2, 0.25) is 0 Å². The maximum atomic E-state index is 11.6. The van der Waals surface area contributed by atoms with Crippen LogP contribution in [0.5, 0.6) is 0 Å². The summed E-state index contributed by atoms with van der Waals surface area (Å²) >= 11 is 0. The zero-order chi connectivity index (χ0) is 12.8. The molecule has 0 aliphatic carbocycles. The van der Waals surface area contributed by atoms with E-state index in [0.717, 1.165) is 11.8 Å². The van der Waals surface area contributed by atoms with Crippen LogP contribution in [0.1, 0.15) is 21.6 Å². The molecule has 0 bridgehead atoms. The summed E-state index contributed by atoms with van der Waals surface area (Å²) in [5, 5.41) is 4.18. The lowest BCUT2D eigenvalue weighted by molar-refractivity contribution is 0.112. The van der Waals surface area contributed by atoms with Gasteiger partial charge >= 0.3 is 0 Å². The van der Waals surface area contributed by atoms with E-state index in [-0.39, 0.29) is 11.5 Å². The van der Waals surface area contributed by atoms with E-state index in [0.29, 0.717) is 16.9 Å². The minimum Gasteiger partial charge on any atom is -0.298 e. The van der Waals surface area contributed by atoms with Gasteiger partial charge in [-0.25, -0.2) is 13.1 Å². The number of benzene rings is 1. The molecule has 0 saturated heterocycles. The molecule has 0 saturated carbocycles. The third-order valence-corrected chi connectivity index (χ3v) is 4.44. The lowest BCUT2D eigenvalue weighted by Crippen LogP contribution is -2.06. The van der Waals surface area contributed by atoms with Gasteiger partial charge in [0.15, 0.2) is 16.1 Å². The molecule has 0 fully saturated rings. The van der Waals surface area contributed by atoms with Gasteiger partial charge in [0.05, 0.1) is 29.1 Å². The second-order valence-electron chi connectivity index (χ2n) is 4.24. The molecule has 1 aromatic heterocycles. The SMILES string of the molecule is O=Cc1ccccc1-n1ncc2c1CS(=O)(=O)C2. The molecular formula is C12H10N2O3S. The standard InChI is InChI=1S/C12H10N2O3S/c15-6-9-3-1-2-4-11(9)14-12-8-18(16,17)7-10(12)5-13-14/h1-6H,7-8H2. The van der Waals surface area contributed by atoms with Crippen LogP contribution in [0.3, 0.4) is 0 Å². The van der Waals surface area contributed by atoms with Gasteiger partial charge in [0.1, 0.15) is 0 Å². The minimum absolute atomic E-state index is 0.0183. The zero-order valence-electron chi connectivity index (χ0n) is 9.41. The quantitative estimate of drug-likeness (QED) is 0.760. The Morgan fingerprint density at radius 3 is 2.78 bits per heavy atom. The molecule has 1 aliphatic rings. The van der Waals surface area contributed by atoms with Crippen molar-refractivity contribution >= 4 is 16.1 Å². The molecule has 5 nitrogen and oxygen atoms in total. The fourth-order valence-corrected chi connectivity index (χ4v) is 3.71. The van der Waals surface area contributed by atoms with E-state index in [9.17, 15) is 13.2 Å². The Labute approximate surface area is 104 Å². The highest BCUT2D eigenvalue weighted by atomic mass is 32.2. The van der Waals surface area contributed by atoms with E-state index in [1.54, 1.807) is 35.1 Å². The number of para-hydroxylation sites is 1. The van der Waals surface area contributed by atoms with Crippen molar-refractivity contribution in [2.75, 3.05) is 0 Å². The largest absolute Gasteiger partial charge is 0.298 e. The van der Waals surface area contributed by atoms with Crippen LogP contribution in [0.15, 0.2) is 30.5 Å². The molecule has 3 rings (SSSR count). The number of rotatable bonds is 2. The second-order valence-corrected chi connectivity index (χ2v) is 6.30. The monoisotopic (exact) mass is 262 g/mol. The van der Waals surface area contributed by atoms with Crippen molar-refractivity contribution in [3.8, 4) is 5.69 Å². The number of aldehydes is 1. The number of carbonyl (C=O) groups excluding carboxylic acids is 1. The fourth-order valence-electron chi connectivity index (χ4n) is 2.17. The lowest BCUT2D eigenvalue weighted by atomic mass is 10.2. The van der Waals surface area contributed by atoms with Crippen LogP contribution < -0.4 is 0 Å². The number of hydrogen-bond acceptors (Lipinski definition) is 4. The molecule has 0 N–H and O–H groups in total. The second kappa shape index (κ2) is 3.78.